The van der Waals surface area contributed by atoms with Crippen molar-refractivity contribution >= 4 is 12.0 Å². The highest BCUT2D eigenvalue weighted by atomic mass is 19.1. The first-order chi connectivity index (χ1) is 7.69. The quantitative estimate of drug-likeness (QED) is 0.791. The van der Waals surface area contributed by atoms with Crippen molar-refractivity contribution < 1.29 is 13.9 Å². The van der Waals surface area contributed by atoms with Crippen LogP contribution in [0.25, 0.3) is 6.08 Å². The third kappa shape index (κ3) is 3.17. The average molecular weight is 223 g/mol. The fourth-order valence-corrected chi connectivity index (χ4v) is 1.23. The number of halogens is 1. The van der Waals surface area contributed by atoms with Crippen molar-refractivity contribution in [2.75, 3.05) is 20.7 Å². The summed E-state index contributed by atoms with van der Waals surface area (Å²) >= 11 is 0. The van der Waals surface area contributed by atoms with Crippen LogP contribution in [0.15, 0.2) is 24.3 Å². The van der Waals surface area contributed by atoms with Crippen LogP contribution in [0.1, 0.15) is 15.9 Å². The number of carbonyl (C=O) groups excluding carboxylic acids is 1. The number of nitrogens with one attached hydrogen (secondary N) is 1. The van der Waals surface area contributed by atoms with Crippen molar-refractivity contribution in [3.63, 3.8) is 0 Å². The first-order valence-electron chi connectivity index (χ1n) is 4.88. The second-order valence-electron chi connectivity index (χ2n) is 3.19. The lowest BCUT2D eigenvalue weighted by Crippen LogP contribution is -2.05. The maximum Gasteiger partial charge on any atom is 0.340 e. The van der Waals surface area contributed by atoms with E-state index in [2.05, 4.69) is 10.1 Å². The van der Waals surface area contributed by atoms with Gasteiger partial charge in [-0.15, -0.1) is 0 Å². The lowest BCUT2D eigenvalue weighted by molar-refractivity contribution is 0.0595. The fraction of sp³-hybridized carbons (Fsp3) is 0.250. The molecule has 0 aliphatic heterocycles. The fourth-order valence-electron chi connectivity index (χ4n) is 1.23. The highest BCUT2D eigenvalue weighted by Crippen LogP contribution is 2.12. The molecule has 0 aliphatic rings. The topological polar surface area (TPSA) is 38.3 Å². The van der Waals surface area contributed by atoms with E-state index in [1.807, 2.05) is 19.2 Å². The molecule has 1 aromatic rings. The van der Waals surface area contributed by atoms with E-state index in [0.29, 0.717) is 6.54 Å². The number of esters is 1. The number of hydrogen-bond acceptors (Lipinski definition) is 3. The van der Waals surface area contributed by atoms with Gasteiger partial charge in [0.05, 0.1) is 12.7 Å². The molecular weight excluding hydrogens is 209 g/mol. The number of benzene rings is 1. The molecule has 0 bridgehead atoms. The minimum absolute atomic E-state index is 0.0471. The minimum atomic E-state index is -0.665. The summed E-state index contributed by atoms with van der Waals surface area (Å²) in [6.45, 7) is 0.713. The third-order valence-electron chi connectivity index (χ3n) is 2.03. The van der Waals surface area contributed by atoms with Crippen LogP contribution < -0.4 is 5.32 Å². The zero-order valence-electron chi connectivity index (χ0n) is 9.29. The number of methoxy groups -OCH3 is 1. The number of likely N-dealkylation sites (N-methyl/N-ethyl adjacent to an activating group) is 1. The van der Waals surface area contributed by atoms with Gasteiger partial charge in [-0.1, -0.05) is 18.2 Å². The summed E-state index contributed by atoms with van der Waals surface area (Å²) < 4.78 is 17.7. The minimum Gasteiger partial charge on any atom is -0.465 e. The molecule has 0 spiro atoms. The molecule has 4 heteroatoms. The van der Waals surface area contributed by atoms with Crippen LogP contribution in [0.2, 0.25) is 0 Å². The first kappa shape index (κ1) is 12.4. The maximum atomic E-state index is 13.3. The number of ether oxygens (including phenoxy) is 1. The summed E-state index contributed by atoms with van der Waals surface area (Å²) in [7, 11) is 3.06. The standard InChI is InChI=1S/C12H14FNO2/c1-14-7-3-4-9-5-6-11(13)10(8-9)12(15)16-2/h3-6,8,14H,7H2,1-2H3. The van der Waals surface area contributed by atoms with E-state index in [1.165, 1.54) is 19.2 Å². The van der Waals surface area contributed by atoms with Gasteiger partial charge in [-0.3, -0.25) is 0 Å². The molecule has 1 aromatic carbocycles. The summed E-state index contributed by atoms with van der Waals surface area (Å²) in [5, 5.41) is 2.95. The van der Waals surface area contributed by atoms with Crippen LogP contribution in [-0.4, -0.2) is 26.7 Å². The van der Waals surface area contributed by atoms with E-state index in [-0.39, 0.29) is 5.56 Å². The van der Waals surface area contributed by atoms with Gasteiger partial charge in [0.2, 0.25) is 0 Å². The first-order valence-corrected chi connectivity index (χ1v) is 4.88. The molecule has 0 unspecified atom stereocenters. The summed E-state index contributed by atoms with van der Waals surface area (Å²) in [6.07, 6.45) is 3.69. The SMILES string of the molecule is CNCC=Cc1ccc(F)c(C(=O)OC)c1. The van der Waals surface area contributed by atoms with E-state index >= 15 is 0 Å². The van der Waals surface area contributed by atoms with Crippen LogP contribution in [0.4, 0.5) is 4.39 Å². The zero-order chi connectivity index (χ0) is 12.0. The lowest BCUT2D eigenvalue weighted by atomic mass is 10.1. The average Bonchev–Trinajstić information content (AvgIpc) is 2.30. The molecule has 1 rings (SSSR count). The molecule has 0 fully saturated rings. The van der Waals surface area contributed by atoms with Crippen molar-refractivity contribution in [3.05, 3.63) is 41.2 Å². The van der Waals surface area contributed by atoms with Crippen molar-refractivity contribution in [3.8, 4) is 0 Å². The second-order valence-corrected chi connectivity index (χ2v) is 3.19. The van der Waals surface area contributed by atoms with E-state index in [4.69, 9.17) is 0 Å². The highest BCUT2D eigenvalue weighted by Gasteiger charge is 2.11. The lowest BCUT2D eigenvalue weighted by Gasteiger charge is -2.02. The van der Waals surface area contributed by atoms with Crippen LogP contribution in [0.5, 0.6) is 0 Å². The van der Waals surface area contributed by atoms with Gasteiger partial charge in [0.1, 0.15) is 5.82 Å². The van der Waals surface area contributed by atoms with E-state index in [1.54, 1.807) is 6.07 Å². The highest BCUT2D eigenvalue weighted by molar-refractivity contribution is 5.90. The van der Waals surface area contributed by atoms with Gasteiger partial charge in [-0.25, -0.2) is 9.18 Å². The zero-order valence-corrected chi connectivity index (χ0v) is 9.29. The molecule has 3 nitrogen and oxygen atoms in total. The normalized spacial score (nSPS) is 10.7. The number of carbonyl (C=O) groups is 1. The van der Waals surface area contributed by atoms with Gasteiger partial charge in [-0.05, 0) is 24.7 Å². The Morgan fingerprint density at radius 2 is 2.31 bits per heavy atom. The van der Waals surface area contributed by atoms with Gasteiger partial charge >= 0.3 is 5.97 Å². The molecule has 0 atom stereocenters. The molecule has 1 N–H and O–H groups in total. The van der Waals surface area contributed by atoms with Gasteiger partial charge < -0.3 is 10.1 Å². The summed E-state index contributed by atoms with van der Waals surface area (Å²) in [5.41, 5.74) is 0.714. The Hall–Kier alpha value is -1.68. The summed E-state index contributed by atoms with van der Waals surface area (Å²) in [4.78, 5) is 11.2. The third-order valence-corrected chi connectivity index (χ3v) is 2.03. The molecule has 0 saturated heterocycles. The second kappa shape index (κ2) is 6.02. The Labute approximate surface area is 93.9 Å². The molecule has 16 heavy (non-hydrogen) atoms. The Morgan fingerprint density at radius 1 is 1.56 bits per heavy atom. The number of rotatable bonds is 4. The van der Waals surface area contributed by atoms with Crippen molar-refractivity contribution in [2.45, 2.75) is 0 Å². The maximum absolute atomic E-state index is 13.3. The Balaban J connectivity index is 2.93. The van der Waals surface area contributed by atoms with Crippen LogP contribution in [0.3, 0.4) is 0 Å². The Morgan fingerprint density at radius 3 is 2.94 bits per heavy atom. The van der Waals surface area contributed by atoms with Gasteiger partial charge in [0.25, 0.3) is 0 Å². The molecule has 0 saturated carbocycles. The molecule has 86 valence electrons. The summed E-state index contributed by atoms with van der Waals surface area (Å²) in [6, 6.07) is 4.33. The number of hydrogen-bond donors (Lipinski definition) is 1. The van der Waals surface area contributed by atoms with E-state index in [0.717, 1.165) is 5.56 Å². The van der Waals surface area contributed by atoms with Crippen LogP contribution in [0, 0.1) is 5.82 Å². The van der Waals surface area contributed by atoms with Crippen LogP contribution >= 0.6 is 0 Å². The Bertz CT molecular complexity index is 402. The van der Waals surface area contributed by atoms with Crippen molar-refractivity contribution in [1.82, 2.24) is 5.32 Å². The largest absolute Gasteiger partial charge is 0.465 e. The smallest absolute Gasteiger partial charge is 0.340 e. The molecule has 0 heterocycles. The molecular formula is C12H14FNO2. The van der Waals surface area contributed by atoms with Crippen LogP contribution in [-0.2, 0) is 4.74 Å². The predicted molar refractivity (Wildman–Crippen MR) is 60.7 cm³/mol. The predicted octanol–water partition coefficient (Wildman–Crippen LogP) is 1.84. The molecule has 0 aliphatic carbocycles. The van der Waals surface area contributed by atoms with Gasteiger partial charge in [0, 0.05) is 6.54 Å². The summed E-state index contributed by atoms with van der Waals surface area (Å²) in [5.74, 6) is -1.24. The monoisotopic (exact) mass is 223 g/mol. The van der Waals surface area contributed by atoms with Gasteiger partial charge in [-0.2, -0.15) is 0 Å². The van der Waals surface area contributed by atoms with E-state index in [9.17, 15) is 9.18 Å². The van der Waals surface area contributed by atoms with Gasteiger partial charge in [0.15, 0.2) is 0 Å². The molecule has 0 aromatic heterocycles. The van der Waals surface area contributed by atoms with Crippen molar-refractivity contribution in [2.24, 2.45) is 0 Å². The van der Waals surface area contributed by atoms with Crippen molar-refractivity contribution in [1.29, 1.82) is 0 Å². The van der Waals surface area contributed by atoms with E-state index < -0.39 is 11.8 Å². The Kier molecular flexibility index (Phi) is 4.66. The molecule has 0 amide bonds. The molecule has 0 radical (unpaired) electrons.